The van der Waals surface area contributed by atoms with Crippen molar-refractivity contribution in [2.45, 2.75) is 31.8 Å². The molecule has 1 unspecified atom stereocenters. The summed E-state index contributed by atoms with van der Waals surface area (Å²) in [5, 5.41) is 14.7. The lowest BCUT2D eigenvalue weighted by Gasteiger charge is -2.26. The molecule has 1 heterocycles. The number of hydrogen-bond donors (Lipinski definition) is 2. The first-order valence-electron chi connectivity index (χ1n) is 6.65. The first-order chi connectivity index (χ1) is 9.60. The predicted octanol–water partition coefficient (Wildman–Crippen LogP) is 3.31. The Morgan fingerprint density at radius 1 is 1.25 bits per heavy atom. The molecule has 106 valence electrons. The molecule has 1 aromatic carbocycles. The Bertz CT molecular complexity index is 539. The zero-order chi connectivity index (χ0) is 14.4. The Balaban J connectivity index is 1.96. The molecular weight excluding hydrogens is 270 g/mol. The Kier molecular flexibility index (Phi) is 4.93. The Labute approximate surface area is 123 Å². The van der Waals surface area contributed by atoms with Crippen LogP contribution in [0.3, 0.4) is 0 Å². The van der Waals surface area contributed by atoms with Gasteiger partial charge in [-0.1, -0.05) is 36.4 Å². The molecule has 0 fully saturated rings. The summed E-state index contributed by atoms with van der Waals surface area (Å²) in [6.07, 6.45) is 1.32. The van der Waals surface area contributed by atoms with Crippen molar-refractivity contribution in [1.82, 2.24) is 5.32 Å². The van der Waals surface area contributed by atoms with E-state index in [-0.39, 0.29) is 0 Å². The van der Waals surface area contributed by atoms with Crippen LogP contribution in [0.25, 0.3) is 0 Å². The van der Waals surface area contributed by atoms with E-state index < -0.39 is 11.5 Å². The standard InChI is InChI=1S/C16H19NO2S/c1-16(15(18)19,17-12-14-8-5-11-20-14)10-9-13-6-3-2-4-7-13/h2-8,11,17H,9-10,12H2,1H3,(H,18,19). The Morgan fingerprint density at radius 2 is 2.00 bits per heavy atom. The minimum absolute atomic E-state index is 0.567. The van der Waals surface area contributed by atoms with Gasteiger partial charge in [-0.15, -0.1) is 11.3 Å². The summed E-state index contributed by atoms with van der Waals surface area (Å²) in [6.45, 7) is 2.35. The fourth-order valence-electron chi connectivity index (χ4n) is 2.01. The zero-order valence-corrected chi connectivity index (χ0v) is 12.3. The molecule has 1 aromatic heterocycles. The molecule has 0 amide bonds. The van der Waals surface area contributed by atoms with E-state index >= 15 is 0 Å². The lowest BCUT2D eigenvalue weighted by atomic mass is 9.93. The van der Waals surface area contributed by atoms with Gasteiger partial charge in [-0.25, -0.2) is 0 Å². The van der Waals surface area contributed by atoms with Crippen LogP contribution in [0.15, 0.2) is 47.8 Å². The van der Waals surface area contributed by atoms with Crippen LogP contribution >= 0.6 is 11.3 Å². The summed E-state index contributed by atoms with van der Waals surface area (Å²) < 4.78 is 0. The van der Waals surface area contributed by atoms with E-state index in [4.69, 9.17) is 0 Å². The number of benzene rings is 1. The number of aryl methyl sites for hydroxylation is 1. The molecular formula is C16H19NO2S. The first kappa shape index (κ1) is 14.8. The number of aliphatic carboxylic acids is 1. The predicted molar refractivity (Wildman–Crippen MR) is 82.0 cm³/mol. The highest BCUT2D eigenvalue weighted by Crippen LogP contribution is 2.17. The molecule has 0 aliphatic carbocycles. The van der Waals surface area contributed by atoms with Crippen LogP contribution in [-0.2, 0) is 17.8 Å². The second kappa shape index (κ2) is 6.68. The summed E-state index contributed by atoms with van der Waals surface area (Å²) in [6, 6.07) is 14.0. The smallest absolute Gasteiger partial charge is 0.323 e. The molecule has 4 heteroatoms. The number of carbonyl (C=O) groups is 1. The van der Waals surface area contributed by atoms with Gasteiger partial charge < -0.3 is 5.11 Å². The summed E-state index contributed by atoms with van der Waals surface area (Å²) in [5.41, 5.74) is 0.262. The minimum Gasteiger partial charge on any atom is -0.480 e. The summed E-state index contributed by atoms with van der Waals surface area (Å²) in [7, 11) is 0. The fraction of sp³-hybridized carbons (Fsp3) is 0.312. The van der Waals surface area contributed by atoms with E-state index in [0.717, 1.165) is 16.9 Å². The SMILES string of the molecule is CC(CCc1ccccc1)(NCc1cccs1)C(=O)O. The van der Waals surface area contributed by atoms with Gasteiger partial charge in [0.25, 0.3) is 0 Å². The third kappa shape index (κ3) is 3.92. The van der Waals surface area contributed by atoms with Crippen LogP contribution in [0.1, 0.15) is 23.8 Å². The third-order valence-electron chi connectivity index (χ3n) is 3.46. The highest BCUT2D eigenvalue weighted by Gasteiger charge is 2.32. The van der Waals surface area contributed by atoms with Gasteiger partial charge >= 0.3 is 5.97 Å². The molecule has 2 aromatic rings. The molecule has 0 bridgehead atoms. The van der Waals surface area contributed by atoms with Crippen molar-refractivity contribution in [2.24, 2.45) is 0 Å². The van der Waals surface area contributed by atoms with Gasteiger partial charge in [-0.05, 0) is 36.8 Å². The lowest BCUT2D eigenvalue weighted by Crippen LogP contribution is -2.49. The average molecular weight is 289 g/mol. The van der Waals surface area contributed by atoms with Crippen molar-refractivity contribution < 1.29 is 9.90 Å². The quantitative estimate of drug-likeness (QED) is 0.822. The normalized spacial score (nSPS) is 13.8. The van der Waals surface area contributed by atoms with E-state index in [0.29, 0.717) is 13.0 Å². The Hall–Kier alpha value is -1.65. The van der Waals surface area contributed by atoms with E-state index in [2.05, 4.69) is 5.32 Å². The van der Waals surface area contributed by atoms with Crippen molar-refractivity contribution in [1.29, 1.82) is 0 Å². The summed E-state index contributed by atoms with van der Waals surface area (Å²) in [4.78, 5) is 12.7. The topological polar surface area (TPSA) is 49.3 Å². The zero-order valence-electron chi connectivity index (χ0n) is 11.5. The van der Waals surface area contributed by atoms with Gasteiger partial charge in [-0.2, -0.15) is 0 Å². The van der Waals surface area contributed by atoms with Crippen molar-refractivity contribution >= 4 is 17.3 Å². The lowest BCUT2D eigenvalue weighted by molar-refractivity contribution is -0.144. The summed E-state index contributed by atoms with van der Waals surface area (Å²) in [5.74, 6) is -0.801. The molecule has 0 saturated carbocycles. The third-order valence-corrected chi connectivity index (χ3v) is 4.34. The average Bonchev–Trinajstić information content (AvgIpc) is 2.97. The molecule has 0 aliphatic rings. The van der Waals surface area contributed by atoms with Gasteiger partial charge in [0.2, 0.25) is 0 Å². The number of thiophene rings is 1. The largest absolute Gasteiger partial charge is 0.480 e. The van der Waals surface area contributed by atoms with E-state index in [1.165, 1.54) is 0 Å². The van der Waals surface area contributed by atoms with Crippen LogP contribution in [0.4, 0.5) is 0 Å². The molecule has 0 saturated heterocycles. The number of hydrogen-bond acceptors (Lipinski definition) is 3. The van der Waals surface area contributed by atoms with Crippen LogP contribution in [-0.4, -0.2) is 16.6 Å². The molecule has 0 spiro atoms. The van der Waals surface area contributed by atoms with Crippen LogP contribution < -0.4 is 5.32 Å². The van der Waals surface area contributed by atoms with Gasteiger partial charge in [0.1, 0.15) is 5.54 Å². The number of carboxylic acids is 1. The van der Waals surface area contributed by atoms with Gasteiger partial charge in [-0.3, -0.25) is 10.1 Å². The summed E-state index contributed by atoms with van der Waals surface area (Å²) >= 11 is 1.63. The van der Waals surface area contributed by atoms with E-state index in [9.17, 15) is 9.90 Å². The molecule has 2 rings (SSSR count). The molecule has 0 aliphatic heterocycles. The maximum absolute atomic E-state index is 11.5. The molecule has 3 nitrogen and oxygen atoms in total. The molecule has 2 N–H and O–H groups in total. The molecule has 20 heavy (non-hydrogen) atoms. The second-order valence-electron chi connectivity index (χ2n) is 5.06. The Morgan fingerprint density at radius 3 is 2.60 bits per heavy atom. The van der Waals surface area contributed by atoms with Gasteiger partial charge in [0.15, 0.2) is 0 Å². The van der Waals surface area contributed by atoms with Crippen molar-refractivity contribution in [3.63, 3.8) is 0 Å². The van der Waals surface area contributed by atoms with E-state index in [1.54, 1.807) is 18.3 Å². The molecule has 1 atom stereocenters. The number of carboxylic acid groups (broad SMARTS) is 1. The first-order valence-corrected chi connectivity index (χ1v) is 7.53. The van der Waals surface area contributed by atoms with Gasteiger partial charge in [0.05, 0.1) is 0 Å². The maximum Gasteiger partial charge on any atom is 0.323 e. The second-order valence-corrected chi connectivity index (χ2v) is 6.09. The number of nitrogens with one attached hydrogen (secondary N) is 1. The minimum atomic E-state index is -0.903. The van der Waals surface area contributed by atoms with E-state index in [1.807, 2.05) is 47.8 Å². The van der Waals surface area contributed by atoms with Gasteiger partial charge in [0, 0.05) is 11.4 Å². The van der Waals surface area contributed by atoms with Crippen molar-refractivity contribution in [3.05, 3.63) is 58.3 Å². The van der Waals surface area contributed by atoms with Crippen LogP contribution in [0.2, 0.25) is 0 Å². The van der Waals surface area contributed by atoms with Crippen LogP contribution in [0.5, 0.6) is 0 Å². The molecule has 0 radical (unpaired) electrons. The monoisotopic (exact) mass is 289 g/mol. The maximum atomic E-state index is 11.5. The van der Waals surface area contributed by atoms with Crippen LogP contribution in [0, 0.1) is 0 Å². The highest BCUT2D eigenvalue weighted by molar-refractivity contribution is 7.09. The highest BCUT2D eigenvalue weighted by atomic mass is 32.1. The fourth-order valence-corrected chi connectivity index (χ4v) is 2.65. The number of rotatable bonds is 7. The van der Waals surface area contributed by atoms with Crippen molar-refractivity contribution in [3.8, 4) is 0 Å². The van der Waals surface area contributed by atoms with Crippen molar-refractivity contribution in [2.75, 3.05) is 0 Å².